The van der Waals surface area contributed by atoms with Crippen LogP contribution in [0.4, 0.5) is 4.79 Å². The van der Waals surface area contributed by atoms with Gasteiger partial charge in [-0.15, -0.1) is 0 Å². The first-order valence-electron chi connectivity index (χ1n) is 12.5. The number of carboxylic acids is 1. The third-order valence-electron chi connectivity index (χ3n) is 6.08. The molecule has 3 atom stereocenters. The lowest BCUT2D eigenvalue weighted by Crippen LogP contribution is -2.52. The number of likely N-dealkylation sites (tertiary alicyclic amines) is 1. The molecule has 1 aliphatic heterocycles. The lowest BCUT2D eigenvalue weighted by Gasteiger charge is -2.24. The van der Waals surface area contributed by atoms with Gasteiger partial charge in [0.2, 0.25) is 5.91 Å². The largest absolute Gasteiger partial charge is 0.480 e. The monoisotopic (exact) mass is 495 g/mol. The number of alkyl carbamates (subject to hydrolysis) is 1. The predicted octanol–water partition coefficient (Wildman–Crippen LogP) is 3.40. The highest BCUT2D eigenvalue weighted by Gasteiger charge is 2.38. The van der Waals surface area contributed by atoms with Crippen LogP contribution in [0.25, 0.3) is 0 Å². The zero-order valence-electron chi connectivity index (χ0n) is 21.3. The van der Waals surface area contributed by atoms with E-state index in [0.717, 1.165) is 18.4 Å². The van der Waals surface area contributed by atoms with Crippen LogP contribution in [0, 0.1) is 0 Å². The van der Waals surface area contributed by atoms with Crippen LogP contribution in [0.3, 0.4) is 0 Å². The highest BCUT2D eigenvalue weighted by molar-refractivity contribution is 5.86. The summed E-state index contributed by atoms with van der Waals surface area (Å²) >= 11 is 0. The number of benzene rings is 2. The third kappa shape index (κ3) is 8.68. The van der Waals surface area contributed by atoms with E-state index in [4.69, 9.17) is 4.74 Å². The standard InChI is InChI=1S/C28H37N3O5/c1-28(2,3)36-27(35)30-23(17-21-13-8-5-9-14-21)25(32)29-22-18-24(26(33)34)31(19-22)16-10-15-20-11-6-4-7-12-20/h4-9,11-14,22-24H,10,15-19H2,1-3H3,(H,29,32)(H,30,35)(H,33,34)/t22-,23-,24-/m0/s1. The van der Waals surface area contributed by atoms with Gasteiger partial charge in [-0.2, -0.15) is 0 Å². The van der Waals surface area contributed by atoms with Gasteiger partial charge in [-0.05, 0) is 57.7 Å². The van der Waals surface area contributed by atoms with Crippen LogP contribution < -0.4 is 10.6 Å². The Morgan fingerprint density at radius 2 is 1.64 bits per heavy atom. The van der Waals surface area contributed by atoms with Crippen molar-refractivity contribution in [3.8, 4) is 0 Å². The minimum atomic E-state index is -0.890. The molecule has 2 aromatic rings. The van der Waals surface area contributed by atoms with Crippen molar-refractivity contribution in [1.29, 1.82) is 0 Å². The number of hydrogen-bond acceptors (Lipinski definition) is 5. The van der Waals surface area contributed by atoms with Crippen LogP contribution in [0.5, 0.6) is 0 Å². The first kappa shape index (κ1) is 27.2. The highest BCUT2D eigenvalue weighted by atomic mass is 16.6. The maximum atomic E-state index is 13.2. The molecular weight excluding hydrogens is 458 g/mol. The van der Waals surface area contributed by atoms with E-state index in [1.54, 1.807) is 20.8 Å². The van der Waals surface area contributed by atoms with Gasteiger partial charge < -0.3 is 20.5 Å². The molecule has 0 saturated carbocycles. The van der Waals surface area contributed by atoms with Crippen LogP contribution in [0.1, 0.15) is 44.7 Å². The van der Waals surface area contributed by atoms with E-state index >= 15 is 0 Å². The zero-order chi connectivity index (χ0) is 26.1. The van der Waals surface area contributed by atoms with E-state index in [-0.39, 0.29) is 11.9 Å². The van der Waals surface area contributed by atoms with Gasteiger partial charge >= 0.3 is 12.1 Å². The SMILES string of the molecule is CC(C)(C)OC(=O)N[C@@H](Cc1ccccc1)C(=O)N[C@H]1C[C@@H](C(=O)O)N(CCCc2ccccc2)C1. The summed E-state index contributed by atoms with van der Waals surface area (Å²) in [5.74, 6) is -1.25. The number of carbonyl (C=O) groups excluding carboxylic acids is 2. The van der Waals surface area contributed by atoms with Crippen molar-refractivity contribution in [1.82, 2.24) is 15.5 Å². The van der Waals surface area contributed by atoms with E-state index in [1.165, 1.54) is 5.56 Å². The number of nitrogens with zero attached hydrogens (tertiary/aromatic N) is 1. The van der Waals surface area contributed by atoms with Crippen molar-refractivity contribution in [2.45, 2.75) is 70.2 Å². The number of aliphatic carboxylic acids is 1. The van der Waals surface area contributed by atoms with Gasteiger partial charge in [-0.25, -0.2) is 4.79 Å². The lowest BCUT2D eigenvalue weighted by atomic mass is 10.0. The summed E-state index contributed by atoms with van der Waals surface area (Å²) in [6.07, 6.45) is 1.62. The summed E-state index contributed by atoms with van der Waals surface area (Å²) in [4.78, 5) is 39.5. The summed E-state index contributed by atoms with van der Waals surface area (Å²) in [7, 11) is 0. The molecule has 1 fully saturated rings. The molecular formula is C28H37N3O5. The number of carbonyl (C=O) groups is 3. The van der Waals surface area contributed by atoms with Gasteiger partial charge in [0.25, 0.3) is 0 Å². The summed E-state index contributed by atoms with van der Waals surface area (Å²) in [5, 5.41) is 15.4. The molecule has 0 aliphatic carbocycles. The second-order valence-corrected chi connectivity index (χ2v) is 10.3. The maximum Gasteiger partial charge on any atom is 0.408 e. The van der Waals surface area contributed by atoms with E-state index in [1.807, 2.05) is 53.4 Å². The summed E-state index contributed by atoms with van der Waals surface area (Å²) in [6.45, 7) is 6.35. The van der Waals surface area contributed by atoms with Gasteiger partial charge in [0.15, 0.2) is 0 Å². The Balaban J connectivity index is 1.62. The van der Waals surface area contributed by atoms with Crippen molar-refractivity contribution >= 4 is 18.0 Å². The number of nitrogens with one attached hydrogen (secondary N) is 2. The Morgan fingerprint density at radius 1 is 1.03 bits per heavy atom. The Hall–Kier alpha value is -3.39. The molecule has 2 amide bonds. The number of hydrogen-bond donors (Lipinski definition) is 3. The summed E-state index contributed by atoms with van der Waals surface area (Å²) in [5.41, 5.74) is 1.41. The molecule has 2 aromatic carbocycles. The molecule has 0 radical (unpaired) electrons. The van der Waals surface area contributed by atoms with Gasteiger partial charge in [0, 0.05) is 19.0 Å². The summed E-state index contributed by atoms with van der Waals surface area (Å²) < 4.78 is 5.36. The molecule has 0 bridgehead atoms. The van der Waals surface area contributed by atoms with Crippen molar-refractivity contribution < 1.29 is 24.2 Å². The first-order valence-corrected chi connectivity index (χ1v) is 12.5. The Labute approximate surface area is 213 Å². The minimum absolute atomic E-state index is 0.293. The molecule has 3 rings (SSSR count). The Bertz CT molecular complexity index is 1010. The molecule has 8 nitrogen and oxygen atoms in total. The fourth-order valence-corrected chi connectivity index (χ4v) is 4.45. The molecule has 194 valence electrons. The fourth-order valence-electron chi connectivity index (χ4n) is 4.45. The molecule has 8 heteroatoms. The Kier molecular flexibility index (Phi) is 9.47. The molecule has 0 spiro atoms. The van der Waals surface area contributed by atoms with Gasteiger partial charge in [-0.1, -0.05) is 60.7 Å². The lowest BCUT2D eigenvalue weighted by molar-refractivity contribution is -0.142. The quantitative estimate of drug-likeness (QED) is 0.466. The van der Waals surface area contributed by atoms with E-state index in [2.05, 4.69) is 22.8 Å². The first-order chi connectivity index (χ1) is 17.1. The molecule has 1 aliphatic rings. The van der Waals surface area contributed by atoms with Gasteiger partial charge in [-0.3, -0.25) is 14.5 Å². The fraction of sp³-hybridized carbons (Fsp3) is 0.464. The van der Waals surface area contributed by atoms with Gasteiger partial charge in [0.1, 0.15) is 17.7 Å². The third-order valence-corrected chi connectivity index (χ3v) is 6.08. The molecule has 0 unspecified atom stereocenters. The van der Waals surface area contributed by atoms with E-state index < -0.39 is 29.7 Å². The molecule has 0 aromatic heterocycles. The van der Waals surface area contributed by atoms with Crippen LogP contribution in [0.2, 0.25) is 0 Å². The van der Waals surface area contributed by atoms with E-state index in [9.17, 15) is 19.5 Å². The summed E-state index contributed by atoms with van der Waals surface area (Å²) in [6, 6.07) is 17.7. The maximum absolute atomic E-state index is 13.2. The minimum Gasteiger partial charge on any atom is -0.480 e. The van der Waals surface area contributed by atoms with Crippen LogP contribution in [0.15, 0.2) is 60.7 Å². The molecule has 3 N–H and O–H groups in total. The van der Waals surface area contributed by atoms with Gasteiger partial charge in [0.05, 0.1) is 0 Å². The average Bonchev–Trinajstić information content (AvgIpc) is 3.21. The zero-order valence-corrected chi connectivity index (χ0v) is 21.3. The van der Waals surface area contributed by atoms with Crippen molar-refractivity contribution in [3.63, 3.8) is 0 Å². The van der Waals surface area contributed by atoms with Crippen molar-refractivity contribution in [2.75, 3.05) is 13.1 Å². The Morgan fingerprint density at radius 3 is 2.22 bits per heavy atom. The van der Waals surface area contributed by atoms with Crippen LogP contribution in [-0.4, -0.2) is 64.8 Å². The molecule has 1 heterocycles. The molecule has 1 saturated heterocycles. The highest BCUT2D eigenvalue weighted by Crippen LogP contribution is 2.20. The second kappa shape index (κ2) is 12.5. The smallest absolute Gasteiger partial charge is 0.408 e. The van der Waals surface area contributed by atoms with Crippen molar-refractivity contribution in [2.24, 2.45) is 0 Å². The predicted molar refractivity (Wildman–Crippen MR) is 138 cm³/mol. The average molecular weight is 496 g/mol. The number of ether oxygens (including phenoxy) is 1. The van der Waals surface area contributed by atoms with Crippen LogP contribution in [-0.2, 0) is 27.2 Å². The number of carboxylic acid groups (broad SMARTS) is 1. The van der Waals surface area contributed by atoms with Crippen molar-refractivity contribution in [3.05, 3.63) is 71.8 Å². The van der Waals surface area contributed by atoms with E-state index in [0.29, 0.717) is 25.9 Å². The number of aryl methyl sites for hydroxylation is 1. The number of amides is 2. The van der Waals surface area contributed by atoms with Crippen LogP contribution >= 0.6 is 0 Å². The topological polar surface area (TPSA) is 108 Å². The normalized spacial score (nSPS) is 18.9. The number of rotatable bonds is 10. The molecule has 36 heavy (non-hydrogen) atoms. The second-order valence-electron chi connectivity index (χ2n) is 10.3.